The summed E-state index contributed by atoms with van der Waals surface area (Å²) in [5.74, 6) is 0. The Morgan fingerprint density at radius 1 is 0.0198 bits per heavy atom. The summed E-state index contributed by atoms with van der Waals surface area (Å²) in [6, 6.07) is 0. The molecule has 0 bridgehead atoms. The quantitative estimate of drug-likeness (QED) is 0.212. The van der Waals surface area contributed by atoms with Crippen LogP contribution in [-0.4, -0.2) is 1740 Å². The van der Waals surface area contributed by atoms with E-state index in [-0.39, 0.29) is 1760 Å². The van der Waals surface area contributed by atoms with E-state index in [4.69, 9.17) is 0 Å². The molecular weight excluding hydrogens is 2750 g/mol. The molecule has 0 heterocycles. The molecule has 0 spiro atoms. The average Bonchev–Trinajstić information content (AvgIpc) is 0. The normalized spacial score (nSPS) is 0. The van der Waals surface area contributed by atoms with Gasteiger partial charge in [-0.15, -0.1) is 0 Å². The summed E-state index contributed by atoms with van der Waals surface area (Å²) in [4.78, 5) is 0. The molecule has 300 radical (unpaired) electrons. The van der Waals surface area contributed by atoms with Crippen molar-refractivity contribution < 1.29 is 21.7 Å². The summed E-state index contributed by atoms with van der Waals surface area (Å²) in [5, 5.41) is 0. The van der Waals surface area contributed by atoms with Gasteiger partial charge in [0.25, 0.3) is 0 Å². The Morgan fingerprint density at radius 2 is 0.0198 bits per heavy atom. The molecule has 0 atom stereocenters. The van der Waals surface area contributed by atoms with Gasteiger partial charge in [0.15, 0.2) is 0 Å². The van der Waals surface area contributed by atoms with Gasteiger partial charge in [-0.1, -0.05) is 0 Å². The van der Waals surface area contributed by atoms with Crippen LogP contribution in [-0.2, 0) is 21.7 Å². The Balaban J connectivity index is 0. The zero-order valence-corrected chi connectivity index (χ0v) is 175. The van der Waals surface area contributed by atoms with E-state index in [1.807, 2.05) is 0 Å². The van der Waals surface area contributed by atoms with E-state index in [1.165, 1.54) is 0 Å². The van der Waals surface area contributed by atoms with Crippen molar-refractivity contribution in [2.45, 2.75) is 0 Å². The fourth-order valence-corrected chi connectivity index (χ4v) is 0. The van der Waals surface area contributed by atoms with Crippen molar-refractivity contribution in [2.75, 3.05) is 0 Å². The van der Waals surface area contributed by atoms with E-state index in [1.54, 1.807) is 0 Å². The van der Waals surface area contributed by atoms with Gasteiger partial charge in [-0.2, -0.15) is 0 Å². The molecule has 101 heavy (non-hydrogen) atoms. The van der Waals surface area contributed by atoms with E-state index in [0.717, 1.165) is 0 Å². The zero-order valence-electron chi connectivity index (χ0n) is 58.2. The molecule has 0 aliphatic carbocycles. The fraction of sp³-hybridized carbons (Fsp3) is 0. The maximum absolute atomic E-state index is 0. The molecule has 0 N–H and O–H groups in total. The van der Waals surface area contributed by atoms with Crippen molar-refractivity contribution in [2.24, 2.45) is 0 Å². The molecule has 0 fully saturated rings. The molecule has 0 nitrogen and oxygen atoms in total. The van der Waals surface area contributed by atoms with Crippen LogP contribution in [0.2, 0.25) is 0 Å². The molecule has 0 aliphatic heterocycles. The van der Waals surface area contributed by atoms with Crippen molar-refractivity contribution >= 4 is 1740 Å². The third-order valence-corrected chi connectivity index (χ3v) is 0. The second kappa shape index (κ2) is 1240. The van der Waals surface area contributed by atoms with E-state index in [2.05, 4.69) is 0 Å². The van der Waals surface area contributed by atoms with Crippen molar-refractivity contribution in [3.63, 3.8) is 0 Å². The molecule has 0 aromatic carbocycles. The second-order valence-corrected chi connectivity index (χ2v) is 0. The molecule has 0 unspecified atom stereocenters. The maximum Gasteiger partial charge on any atom is 0 e. The van der Waals surface area contributed by atoms with Gasteiger partial charge in [-0.25, -0.2) is 0 Å². The molecule has 0 saturated carbocycles. The third kappa shape index (κ3) is 1220. The number of hydrogen-bond acceptors (Lipinski definition) is 0. The predicted octanol–water partition coefficient (Wildman–Crippen LogP) is -38.1. The first kappa shape index (κ1) is 1260. The Morgan fingerprint density at radius 3 is 0.0198 bits per heavy atom. The van der Waals surface area contributed by atoms with E-state index in [0.29, 0.717) is 0 Å². The molecule has 304 valence electrons. The Kier molecular flexibility index (Phi) is 15500. The monoisotopic (exact) mass is 2750 g/mol. The van der Waals surface area contributed by atoms with Gasteiger partial charge < -0.3 is 0 Å². The molecule has 0 amide bonds. The van der Waals surface area contributed by atoms with Crippen LogP contribution in [0.5, 0.6) is 0 Å². The SMILES string of the molecule is [Al].[Al].[Al].[Al].[Al].[Al].[Al].[Al].[Al].[Al].[Al].[Al].[Al].[Al].[Al].[Al].[Al].[Al].[Al].[Al].[Al].[Al].[Al].[Al].[Al].[Al].[Al].[Al].[Al].[Al].[Al].[Al].[Al].[Al].[Al].[Al].[Al].[Al].[Al].[Al].[Al].[Al].[Al].[Al].[Al].[Al].[Al].[Al].[Al].[Al].[Al].[Al].[Al].[Al].[Al].[Al].[Al].[Al].[Al].[Al].[Al].[Al].[Al].[Al].[Al].[Al].[Al].[Al].[Al].[Al].[Al].[Al].[Al].[Al].[Al].[Al].[Al].[Al].[Al].[Al].[Al].[Al].[Al].[Al].[Al].[Al].[Al].[Al].[Al].[Al].[Al].[Al].[Al].[Al].[Al].[Al].[Al].[Al].[Al].[Al].[Ti]. The summed E-state index contributed by atoms with van der Waals surface area (Å²) in [7, 11) is 0. The topological polar surface area (TPSA) is 0 Å². The van der Waals surface area contributed by atoms with Crippen LogP contribution < -0.4 is 0 Å². The van der Waals surface area contributed by atoms with Crippen LogP contribution >= 0.6 is 0 Å². The Labute approximate surface area is 1710 Å². The maximum atomic E-state index is 0. The Hall–Kier alpha value is 54.0. The van der Waals surface area contributed by atoms with Crippen molar-refractivity contribution in [1.82, 2.24) is 0 Å². The molecule has 101 heteroatoms. The average molecular weight is 2750 g/mol. The van der Waals surface area contributed by atoms with Crippen LogP contribution in [0, 0.1) is 0 Å². The molecule has 0 aromatic heterocycles. The summed E-state index contributed by atoms with van der Waals surface area (Å²) in [6.45, 7) is 0. The van der Waals surface area contributed by atoms with Crippen LogP contribution in [0.4, 0.5) is 0 Å². The molecule has 0 saturated heterocycles. The first-order valence-electron chi connectivity index (χ1n) is 0. The number of rotatable bonds is 0. The number of hydrogen-bond donors (Lipinski definition) is 0. The van der Waals surface area contributed by atoms with Crippen LogP contribution in [0.3, 0.4) is 0 Å². The third-order valence-electron chi connectivity index (χ3n) is 0. The summed E-state index contributed by atoms with van der Waals surface area (Å²) >= 11 is 0. The van der Waals surface area contributed by atoms with Gasteiger partial charge in [0.2, 0.25) is 0 Å². The minimum Gasteiger partial charge on any atom is 0 e. The predicted molar refractivity (Wildman–Crippen MR) is 575 cm³/mol. The molecular formula is Al100Ti. The fourth-order valence-electron chi connectivity index (χ4n) is 0. The van der Waals surface area contributed by atoms with Crippen molar-refractivity contribution in [1.29, 1.82) is 0 Å². The van der Waals surface area contributed by atoms with Crippen LogP contribution in [0.15, 0.2) is 0 Å². The summed E-state index contributed by atoms with van der Waals surface area (Å²) < 4.78 is 0. The first-order chi connectivity index (χ1) is 0. The van der Waals surface area contributed by atoms with E-state index >= 15 is 0 Å². The van der Waals surface area contributed by atoms with Crippen LogP contribution in [0.1, 0.15) is 0 Å². The molecule has 0 rings (SSSR count). The molecule has 0 aliphatic rings. The second-order valence-electron chi connectivity index (χ2n) is 0. The summed E-state index contributed by atoms with van der Waals surface area (Å²) in [6.07, 6.45) is 0. The van der Waals surface area contributed by atoms with Crippen molar-refractivity contribution in [3.8, 4) is 0 Å². The van der Waals surface area contributed by atoms with Gasteiger partial charge in [-0.3, -0.25) is 0 Å². The van der Waals surface area contributed by atoms with Gasteiger partial charge in [0.1, 0.15) is 0 Å². The molecule has 0 aromatic rings. The van der Waals surface area contributed by atoms with Crippen molar-refractivity contribution in [3.05, 3.63) is 0 Å². The van der Waals surface area contributed by atoms with Gasteiger partial charge in [-0.05, 0) is 0 Å². The van der Waals surface area contributed by atoms with Gasteiger partial charge in [0.05, 0.1) is 0 Å². The van der Waals surface area contributed by atoms with E-state index in [9.17, 15) is 0 Å². The minimum atomic E-state index is 0. The van der Waals surface area contributed by atoms with Crippen LogP contribution in [0.25, 0.3) is 0 Å². The Bertz CT molecular complexity index is 8.09. The zero-order chi connectivity index (χ0) is 0. The van der Waals surface area contributed by atoms with E-state index < -0.39 is 0 Å². The summed E-state index contributed by atoms with van der Waals surface area (Å²) in [5.41, 5.74) is 0. The first-order valence-corrected chi connectivity index (χ1v) is 0. The standard InChI is InChI=1S/100Al.Ti. The largest absolute Gasteiger partial charge is 0 e. The van der Waals surface area contributed by atoms with Gasteiger partial charge in [0, 0.05) is 1760 Å². The smallest absolute Gasteiger partial charge is 0 e. The van der Waals surface area contributed by atoms with Gasteiger partial charge >= 0.3 is 0 Å². The minimum absolute atomic E-state index is 0.